The number of H-pyrrole nitrogens is 1. The van der Waals surface area contributed by atoms with Gasteiger partial charge in [0.1, 0.15) is 6.54 Å². The largest absolute Gasteiger partial charge is 0.454 e. The molecule has 0 aliphatic carbocycles. The van der Waals surface area contributed by atoms with Crippen molar-refractivity contribution in [2.24, 2.45) is 0 Å². The van der Waals surface area contributed by atoms with Gasteiger partial charge >= 0.3 is 11.7 Å². The number of hydrogen-bond acceptors (Lipinski definition) is 7. The molecule has 1 aliphatic heterocycles. The monoisotopic (exact) mass is 375 g/mol. The van der Waals surface area contributed by atoms with Crippen molar-refractivity contribution in [3.05, 3.63) is 56.9 Å². The van der Waals surface area contributed by atoms with Gasteiger partial charge in [-0.05, 0) is 24.6 Å². The number of carbonyl (C=O) groups is 2. The van der Waals surface area contributed by atoms with Crippen molar-refractivity contribution in [2.75, 3.05) is 6.79 Å². The second-order valence-corrected chi connectivity index (χ2v) is 5.78. The molecule has 1 amide bonds. The van der Waals surface area contributed by atoms with Crippen LogP contribution in [-0.4, -0.2) is 34.3 Å². The Morgan fingerprint density at radius 3 is 2.81 bits per heavy atom. The van der Waals surface area contributed by atoms with Crippen LogP contribution in [0, 0.1) is 0 Å². The minimum Gasteiger partial charge on any atom is -0.454 e. The van der Waals surface area contributed by atoms with E-state index in [1.807, 2.05) is 4.98 Å². The van der Waals surface area contributed by atoms with Gasteiger partial charge in [0.15, 0.2) is 17.6 Å². The second kappa shape index (κ2) is 7.77. The van der Waals surface area contributed by atoms with Gasteiger partial charge in [-0.15, -0.1) is 0 Å². The van der Waals surface area contributed by atoms with E-state index in [0.29, 0.717) is 11.5 Å². The molecule has 2 N–H and O–H groups in total. The van der Waals surface area contributed by atoms with Crippen molar-refractivity contribution in [1.29, 1.82) is 0 Å². The molecule has 2 heterocycles. The highest BCUT2D eigenvalue weighted by molar-refractivity contribution is 5.83. The van der Waals surface area contributed by atoms with Crippen LogP contribution in [0.3, 0.4) is 0 Å². The van der Waals surface area contributed by atoms with Crippen molar-refractivity contribution in [3.8, 4) is 11.5 Å². The molecule has 0 radical (unpaired) electrons. The lowest BCUT2D eigenvalue weighted by Gasteiger charge is -2.14. The summed E-state index contributed by atoms with van der Waals surface area (Å²) in [7, 11) is 0. The normalized spacial score (nSPS) is 13.1. The van der Waals surface area contributed by atoms with Gasteiger partial charge < -0.3 is 19.5 Å². The third-order valence-corrected chi connectivity index (χ3v) is 3.78. The Bertz CT molecular complexity index is 979. The Hall–Kier alpha value is -3.56. The standard InChI is InChI=1S/C17H17N3O7/c1-10(27-15(22)8-20-5-4-14(21)19-17(20)24)16(23)18-7-11-2-3-12-13(6-11)26-9-25-12/h2-6,10H,7-9H2,1H3,(H,18,23)(H,19,21,24)/t10-/m0/s1. The molecule has 1 aromatic heterocycles. The maximum Gasteiger partial charge on any atom is 0.328 e. The highest BCUT2D eigenvalue weighted by Gasteiger charge is 2.19. The Morgan fingerprint density at radius 1 is 1.26 bits per heavy atom. The molecular formula is C17H17N3O7. The Labute approximate surface area is 152 Å². The lowest BCUT2D eigenvalue weighted by molar-refractivity contribution is -0.155. The Balaban J connectivity index is 1.50. The average Bonchev–Trinajstić information content (AvgIpc) is 3.09. The van der Waals surface area contributed by atoms with Gasteiger partial charge in [-0.1, -0.05) is 6.07 Å². The molecule has 10 nitrogen and oxygen atoms in total. The number of nitrogens with zero attached hydrogens (tertiary/aromatic N) is 1. The number of nitrogens with one attached hydrogen (secondary N) is 2. The van der Waals surface area contributed by atoms with Crippen LogP contribution in [0.15, 0.2) is 40.1 Å². The summed E-state index contributed by atoms with van der Waals surface area (Å²) in [5.41, 5.74) is -0.508. The van der Waals surface area contributed by atoms with Gasteiger partial charge in [-0.3, -0.25) is 23.9 Å². The summed E-state index contributed by atoms with van der Waals surface area (Å²) in [4.78, 5) is 48.5. The molecular weight excluding hydrogens is 358 g/mol. The van der Waals surface area contributed by atoms with Gasteiger partial charge in [-0.25, -0.2) is 4.79 Å². The molecule has 10 heteroatoms. The SMILES string of the molecule is C[C@H](OC(=O)Cn1ccc(=O)[nH]c1=O)C(=O)NCc1ccc2c(c1)OCO2. The molecule has 0 unspecified atom stereocenters. The van der Waals surface area contributed by atoms with Crippen LogP contribution in [0.2, 0.25) is 0 Å². The van der Waals surface area contributed by atoms with Crippen LogP contribution in [0.1, 0.15) is 12.5 Å². The number of benzene rings is 1. The smallest absolute Gasteiger partial charge is 0.328 e. The summed E-state index contributed by atoms with van der Waals surface area (Å²) in [6.07, 6.45) is 0.122. The van der Waals surface area contributed by atoms with Crippen LogP contribution < -0.4 is 26.0 Å². The zero-order valence-corrected chi connectivity index (χ0v) is 14.4. The molecule has 1 atom stereocenters. The topological polar surface area (TPSA) is 129 Å². The van der Waals surface area contributed by atoms with Crippen molar-refractivity contribution >= 4 is 11.9 Å². The molecule has 0 fully saturated rings. The number of aromatic nitrogens is 2. The summed E-state index contributed by atoms with van der Waals surface area (Å²) in [5, 5.41) is 2.65. The van der Waals surface area contributed by atoms with Crippen LogP contribution >= 0.6 is 0 Å². The summed E-state index contributed by atoms with van der Waals surface area (Å²) in [6, 6.07) is 6.39. The lowest BCUT2D eigenvalue weighted by Crippen LogP contribution is -2.37. The van der Waals surface area contributed by atoms with Crippen molar-refractivity contribution < 1.29 is 23.8 Å². The first-order valence-electron chi connectivity index (χ1n) is 8.08. The molecule has 27 heavy (non-hydrogen) atoms. The van der Waals surface area contributed by atoms with Gasteiger partial charge in [0.25, 0.3) is 11.5 Å². The van der Waals surface area contributed by atoms with Crippen molar-refractivity contribution in [1.82, 2.24) is 14.9 Å². The van der Waals surface area contributed by atoms with E-state index in [1.165, 1.54) is 13.1 Å². The molecule has 0 saturated carbocycles. The van der Waals surface area contributed by atoms with E-state index < -0.39 is 35.8 Å². The number of esters is 1. The van der Waals surface area contributed by atoms with Gasteiger partial charge in [0.2, 0.25) is 6.79 Å². The average molecular weight is 375 g/mol. The molecule has 0 spiro atoms. The minimum atomic E-state index is -1.05. The first-order valence-corrected chi connectivity index (χ1v) is 8.08. The number of fused-ring (bicyclic) bond motifs is 1. The molecule has 1 aromatic carbocycles. The highest BCUT2D eigenvalue weighted by Crippen LogP contribution is 2.32. The molecule has 0 bridgehead atoms. The molecule has 1 aliphatic rings. The van der Waals surface area contributed by atoms with Gasteiger partial charge in [0, 0.05) is 18.8 Å². The zero-order chi connectivity index (χ0) is 19.4. The van der Waals surface area contributed by atoms with Crippen LogP contribution in [0.5, 0.6) is 11.5 Å². The number of rotatable bonds is 6. The van der Waals surface area contributed by atoms with E-state index in [-0.39, 0.29) is 13.3 Å². The number of aromatic amines is 1. The molecule has 2 aromatic rings. The first-order chi connectivity index (χ1) is 12.9. The number of hydrogen-bond donors (Lipinski definition) is 2. The highest BCUT2D eigenvalue weighted by atomic mass is 16.7. The third kappa shape index (κ3) is 4.54. The zero-order valence-electron chi connectivity index (χ0n) is 14.4. The predicted molar refractivity (Wildman–Crippen MR) is 91.3 cm³/mol. The number of ether oxygens (including phenoxy) is 3. The summed E-state index contributed by atoms with van der Waals surface area (Å²) < 4.78 is 16.5. The lowest BCUT2D eigenvalue weighted by atomic mass is 10.2. The van der Waals surface area contributed by atoms with E-state index in [4.69, 9.17) is 14.2 Å². The maximum absolute atomic E-state index is 12.1. The fraction of sp³-hybridized carbons (Fsp3) is 0.294. The molecule has 0 saturated heterocycles. The maximum atomic E-state index is 12.1. The second-order valence-electron chi connectivity index (χ2n) is 5.78. The van der Waals surface area contributed by atoms with Gasteiger partial charge in [0.05, 0.1) is 0 Å². The minimum absolute atomic E-state index is 0.163. The van der Waals surface area contributed by atoms with E-state index in [9.17, 15) is 19.2 Å². The van der Waals surface area contributed by atoms with Crippen LogP contribution in [-0.2, 0) is 27.4 Å². The quantitative estimate of drug-likeness (QED) is 0.652. The van der Waals surface area contributed by atoms with Crippen molar-refractivity contribution in [3.63, 3.8) is 0 Å². The predicted octanol–water partition coefficient (Wildman–Crippen LogP) is -0.487. The fourth-order valence-corrected chi connectivity index (χ4v) is 2.38. The summed E-state index contributed by atoms with van der Waals surface area (Å²) >= 11 is 0. The fourth-order valence-electron chi connectivity index (χ4n) is 2.38. The number of amides is 1. The van der Waals surface area contributed by atoms with Crippen LogP contribution in [0.4, 0.5) is 0 Å². The third-order valence-electron chi connectivity index (χ3n) is 3.78. The summed E-state index contributed by atoms with van der Waals surface area (Å²) in [6.45, 7) is 1.38. The summed E-state index contributed by atoms with van der Waals surface area (Å²) in [5.74, 6) is -0.0258. The van der Waals surface area contributed by atoms with E-state index in [0.717, 1.165) is 16.2 Å². The Kier molecular flexibility index (Phi) is 5.25. The van der Waals surface area contributed by atoms with E-state index in [2.05, 4.69) is 5.32 Å². The number of carbonyl (C=O) groups excluding carboxylic acids is 2. The van der Waals surface area contributed by atoms with Crippen molar-refractivity contribution in [2.45, 2.75) is 26.1 Å². The van der Waals surface area contributed by atoms with Gasteiger partial charge in [-0.2, -0.15) is 0 Å². The molecule has 3 rings (SSSR count). The first kappa shape index (κ1) is 18.2. The van der Waals surface area contributed by atoms with E-state index >= 15 is 0 Å². The van der Waals surface area contributed by atoms with E-state index in [1.54, 1.807) is 18.2 Å². The Morgan fingerprint density at radius 2 is 2.04 bits per heavy atom. The molecule has 142 valence electrons. The van der Waals surface area contributed by atoms with Crippen LogP contribution in [0.25, 0.3) is 0 Å².